The molecular formula is C9H19NO2. The van der Waals surface area contributed by atoms with Crippen LogP contribution in [-0.2, 0) is 9.47 Å². The van der Waals surface area contributed by atoms with Crippen molar-refractivity contribution in [3.63, 3.8) is 0 Å². The largest absolute Gasteiger partial charge is 0.383 e. The lowest BCUT2D eigenvalue weighted by molar-refractivity contribution is 0.00130. The Morgan fingerprint density at radius 2 is 2.08 bits per heavy atom. The van der Waals surface area contributed by atoms with Crippen LogP contribution >= 0.6 is 0 Å². The van der Waals surface area contributed by atoms with Crippen molar-refractivity contribution in [3.05, 3.63) is 0 Å². The van der Waals surface area contributed by atoms with E-state index >= 15 is 0 Å². The van der Waals surface area contributed by atoms with E-state index in [0.717, 1.165) is 25.6 Å². The Morgan fingerprint density at radius 1 is 1.33 bits per heavy atom. The highest BCUT2D eigenvalue weighted by Gasteiger charge is 2.27. The minimum absolute atomic E-state index is 0.527. The fourth-order valence-electron chi connectivity index (χ4n) is 1.51. The van der Waals surface area contributed by atoms with Crippen LogP contribution in [0.1, 0.15) is 12.8 Å². The van der Waals surface area contributed by atoms with Gasteiger partial charge in [0.2, 0.25) is 0 Å². The van der Waals surface area contributed by atoms with Gasteiger partial charge in [0.15, 0.2) is 0 Å². The fourth-order valence-corrected chi connectivity index (χ4v) is 1.51. The molecule has 72 valence electrons. The van der Waals surface area contributed by atoms with Gasteiger partial charge in [-0.1, -0.05) is 0 Å². The normalized spacial score (nSPS) is 28.5. The maximum absolute atomic E-state index is 5.19. The third-order valence-corrected chi connectivity index (χ3v) is 2.44. The molecule has 1 rings (SSSR count). The topological polar surface area (TPSA) is 30.5 Å². The molecule has 3 nitrogen and oxygen atoms in total. The van der Waals surface area contributed by atoms with Gasteiger partial charge in [0, 0.05) is 20.8 Å². The molecule has 0 radical (unpaired) electrons. The van der Waals surface area contributed by atoms with Gasteiger partial charge >= 0.3 is 0 Å². The molecule has 1 aliphatic rings. The summed E-state index contributed by atoms with van der Waals surface area (Å²) in [5.74, 6) is 0.826. The van der Waals surface area contributed by atoms with E-state index in [1.165, 1.54) is 12.8 Å². The Morgan fingerprint density at radius 3 is 2.67 bits per heavy atom. The van der Waals surface area contributed by atoms with Gasteiger partial charge in [-0.3, -0.25) is 0 Å². The van der Waals surface area contributed by atoms with E-state index in [2.05, 4.69) is 5.32 Å². The molecule has 1 N–H and O–H groups in total. The smallest absolute Gasteiger partial charge is 0.0587 e. The molecule has 0 aliphatic heterocycles. The van der Waals surface area contributed by atoms with Crippen LogP contribution in [0.5, 0.6) is 0 Å². The first-order chi connectivity index (χ1) is 5.86. The molecule has 1 saturated carbocycles. The lowest BCUT2D eigenvalue weighted by Crippen LogP contribution is -2.38. The maximum Gasteiger partial charge on any atom is 0.0587 e. The van der Waals surface area contributed by atoms with E-state index in [0.29, 0.717) is 6.10 Å². The first-order valence-corrected chi connectivity index (χ1v) is 4.59. The number of rotatable bonds is 6. The van der Waals surface area contributed by atoms with Crippen LogP contribution < -0.4 is 5.32 Å². The Hall–Kier alpha value is -0.120. The molecule has 1 fully saturated rings. The van der Waals surface area contributed by atoms with Crippen molar-refractivity contribution in [2.24, 2.45) is 5.92 Å². The highest BCUT2D eigenvalue weighted by molar-refractivity contribution is 4.81. The predicted octanol–water partition coefficient (Wildman–Crippen LogP) is 0.647. The second-order valence-electron chi connectivity index (χ2n) is 3.39. The van der Waals surface area contributed by atoms with Gasteiger partial charge < -0.3 is 14.8 Å². The summed E-state index contributed by atoms with van der Waals surface area (Å²) >= 11 is 0. The standard InChI is InChI=1S/C9H19NO2/c1-11-4-3-10-7-8-5-9(6-8)12-2/h8-10H,3-7H2,1-2H3. The summed E-state index contributed by atoms with van der Waals surface area (Å²) in [6.07, 6.45) is 2.96. The highest BCUT2D eigenvalue weighted by atomic mass is 16.5. The van der Waals surface area contributed by atoms with Crippen molar-refractivity contribution < 1.29 is 9.47 Å². The van der Waals surface area contributed by atoms with Crippen molar-refractivity contribution >= 4 is 0 Å². The van der Waals surface area contributed by atoms with Crippen LogP contribution in [0.25, 0.3) is 0 Å². The van der Waals surface area contributed by atoms with Crippen LogP contribution in [0.2, 0.25) is 0 Å². The highest BCUT2D eigenvalue weighted by Crippen LogP contribution is 2.28. The average molecular weight is 173 g/mol. The van der Waals surface area contributed by atoms with E-state index in [1.807, 2.05) is 0 Å². The van der Waals surface area contributed by atoms with E-state index in [-0.39, 0.29) is 0 Å². The zero-order valence-corrected chi connectivity index (χ0v) is 8.01. The molecule has 0 unspecified atom stereocenters. The predicted molar refractivity (Wildman–Crippen MR) is 48.3 cm³/mol. The quantitative estimate of drug-likeness (QED) is 0.598. The summed E-state index contributed by atoms with van der Waals surface area (Å²) in [4.78, 5) is 0. The third kappa shape index (κ3) is 3.09. The fraction of sp³-hybridized carbons (Fsp3) is 1.00. The maximum atomic E-state index is 5.19. The van der Waals surface area contributed by atoms with E-state index in [4.69, 9.17) is 9.47 Å². The second-order valence-corrected chi connectivity index (χ2v) is 3.39. The number of hydrogen-bond donors (Lipinski definition) is 1. The number of methoxy groups -OCH3 is 2. The Kier molecular flexibility index (Phi) is 4.58. The summed E-state index contributed by atoms with van der Waals surface area (Å²) in [5.41, 5.74) is 0. The molecule has 3 heteroatoms. The molecule has 0 amide bonds. The molecule has 0 heterocycles. The van der Waals surface area contributed by atoms with Crippen molar-refractivity contribution in [1.82, 2.24) is 5.32 Å². The average Bonchev–Trinajstić information content (AvgIpc) is 2.01. The van der Waals surface area contributed by atoms with Gasteiger partial charge in [-0.15, -0.1) is 0 Å². The van der Waals surface area contributed by atoms with E-state index < -0.39 is 0 Å². The minimum Gasteiger partial charge on any atom is -0.383 e. The van der Waals surface area contributed by atoms with E-state index in [1.54, 1.807) is 14.2 Å². The second kappa shape index (κ2) is 5.51. The van der Waals surface area contributed by atoms with Gasteiger partial charge in [-0.25, -0.2) is 0 Å². The zero-order valence-electron chi connectivity index (χ0n) is 8.01. The molecule has 0 aromatic heterocycles. The molecule has 0 bridgehead atoms. The lowest BCUT2D eigenvalue weighted by atomic mass is 9.82. The molecule has 0 aromatic rings. The number of hydrogen-bond acceptors (Lipinski definition) is 3. The first kappa shape index (κ1) is 9.96. The summed E-state index contributed by atoms with van der Waals surface area (Å²) < 4.78 is 10.1. The summed E-state index contributed by atoms with van der Waals surface area (Å²) in [6, 6.07) is 0. The van der Waals surface area contributed by atoms with Gasteiger partial charge in [0.25, 0.3) is 0 Å². The SMILES string of the molecule is COCCNCC1CC(OC)C1. The molecule has 0 saturated heterocycles. The third-order valence-electron chi connectivity index (χ3n) is 2.44. The first-order valence-electron chi connectivity index (χ1n) is 4.59. The Balaban J connectivity index is 1.83. The van der Waals surface area contributed by atoms with Gasteiger partial charge in [-0.2, -0.15) is 0 Å². The molecule has 0 aromatic carbocycles. The van der Waals surface area contributed by atoms with Gasteiger partial charge in [0.05, 0.1) is 12.7 Å². The Bertz CT molecular complexity index is 113. The van der Waals surface area contributed by atoms with Gasteiger partial charge in [-0.05, 0) is 25.3 Å². The summed E-state index contributed by atoms with van der Waals surface area (Å²) in [6.45, 7) is 2.88. The van der Waals surface area contributed by atoms with Crippen molar-refractivity contribution in [2.45, 2.75) is 18.9 Å². The Labute approximate surface area is 74.4 Å². The molecule has 1 aliphatic carbocycles. The van der Waals surface area contributed by atoms with Crippen LogP contribution in [0, 0.1) is 5.92 Å². The zero-order chi connectivity index (χ0) is 8.81. The summed E-state index contributed by atoms with van der Waals surface area (Å²) in [7, 11) is 3.52. The molecule has 12 heavy (non-hydrogen) atoms. The molecule has 0 atom stereocenters. The minimum atomic E-state index is 0.527. The van der Waals surface area contributed by atoms with Crippen LogP contribution in [0.3, 0.4) is 0 Å². The monoisotopic (exact) mass is 173 g/mol. The van der Waals surface area contributed by atoms with Crippen LogP contribution in [0.15, 0.2) is 0 Å². The van der Waals surface area contributed by atoms with Gasteiger partial charge in [0.1, 0.15) is 0 Å². The molecular weight excluding hydrogens is 154 g/mol. The number of nitrogens with one attached hydrogen (secondary N) is 1. The summed E-state index contributed by atoms with van der Waals surface area (Å²) in [5, 5.41) is 3.35. The van der Waals surface area contributed by atoms with Crippen molar-refractivity contribution in [2.75, 3.05) is 33.9 Å². The van der Waals surface area contributed by atoms with Crippen molar-refractivity contribution in [3.8, 4) is 0 Å². The van der Waals surface area contributed by atoms with Crippen LogP contribution in [-0.4, -0.2) is 40.0 Å². The number of ether oxygens (including phenoxy) is 2. The van der Waals surface area contributed by atoms with Crippen molar-refractivity contribution in [1.29, 1.82) is 0 Å². The van der Waals surface area contributed by atoms with E-state index in [9.17, 15) is 0 Å². The van der Waals surface area contributed by atoms with Crippen LogP contribution in [0.4, 0.5) is 0 Å². The molecule has 0 spiro atoms. The lowest BCUT2D eigenvalue weighted by Gasteiger charge is -2.34.